The molecule has 0 radical (unpaired) electrons. The van der Waals surface area contributed by atoms with Gasteiger partial charge in [-0.3, -0.25) is 4.79 Å². The van der Waals surface area contributed by atoms with Crippen LogP contribution in [0.1, 0.15) is 37.7 Å². The number of nitrogens with one attached hydrogen (secondary N) is 1. The van der Waals surface area contributed by atoms with Crippen LogP contribution in [0.2, 0.25) is 10.0 Å². The van der Waals surface area contributed by atoms with E-state index < -0.39 is 45.9 Å². The number of nitrogens with zero attached hydrogens (tertiary/aromatic N) is 1. The van der Waals surface area contributed by atoms with Crippen LogP contribution in [0.25, 0.3) is 0 Å². The zero-order chi connectivity index (χ0) is 23.5. The van der Waals surface area contributed by atoms with E-state index in [2.05, 4.69) is 5.32 Å². The highest BCUT2D eigenvalue weighted by molar-refractivity contribution is 7.89. The molecule has 0 heterocycles. The molecular formula is C21H21Cl2F3N2O3S. The summed E-state index contributed by atoms with van der Waals surface area (Å²) in [7, 11) is -4.08. The van der Waals surface area contributed by atoms with E-state index in [0.29, 0.717) is 23.9 Å². The summed E-state index contributed by atoms with van der Waals surface area (Å²) in [5.74, 6) is -0.874. The number of carbonyl (C=O) groups excluding carboxylic acids is 1. The van der Waals surface area contributed by atoms with Crippen LogP contribution in [0.5, 0.6) is 0 Å². The molecule has 3 rings (SSSR count). The van der Waals surface area contributed by atoms with Crippen LogP contribution in [0.4, 0.5) is 18.9 Å². The summed E-state index contributed by atoms with van der Waals surface area (Å²) in [4.78, 5) is 12.7. The molecule has 1 aliphatic carbocycles. The summed E-state index contributed by atoms with van der Waals surface area (Å²) in [6, 6.07) is 8.08. The third-order valence-corrected chi connectivity index (χ3v) is 7.66. The lowest BCUT2D eigenvalue weighted by Gasteiger charge is -2.33. The van der Waals surface area contributed by atoms with Gasteiger partial charge in [0, 0.05) is 16.1 Å². The SMILES string of the molecule is O=C(CN(C1CCCCC1)S(=O)(=O)c1ccc(Cl)cc1)Nc1ccc(Cl)cc1C(F)(F)F. The van der Waals surface area contributed by atoms with Crippen molar-refractivity contribution in [2.24, 2.45) is 0 Å². The van der Waals surface area contributed by atoms with Crippen molar-refractivity contribution in [3.05, 3.63) is 58.1 Å². The second-order valence-corrected chi connectivity index (χ2v) is 10.3. The van der Waals surface area contributed by atoms with E-state index in [1.54, 1.807) is 0 Å². The fourth-order valence-electron chi connectivity index (χ4n) is 3.71. The van der Waals surface area contributed by atoms with Crippen molar-refractivity contribution in [1.29, 1.82) is 0 Å². The molecule has 2 aromatic carbocycles. The van der Waals surface area contributed by atoms with Crippen LogP contribution in [0, 0.1) is 0 Å². The van der Waals surface area contributed by atoms with Crippen molar-refractivity contribution in [3.8, 4) is 0 Å². The minimum absolute atomic E-state index is 0.0391. The van der Waals surface area contributed by atoms with E-state index in [1.165, 1.54) is 30.3 Å². The molecule has 32 heavy (non-hydrogen) atoms. The summed E-state index contributed by atoms with van der Waals surface area (Å²) < 4.78 is 67.7. The maximum Gasteiger partial charge on any atom is 0.418 e. The predicted molar refractivity (Wildman–Crippen MR) is 117 cm³/mol. The highest BCUT2D eigenvalue weighted by Crippen LogP contribution is 2.36. The molecule has 1 aliphatic rings. The van der Waals surface area contributed by atoms with Gasteiger partial charge in [-0.15, -0.1) is 0 Å². The second kappa shape index (κ2) is 9.99. The maximum atomic E-state index is 13.3. The monoisotopic (exact) mass is 508 g/mol. The second-order valence-electron chi connectivity index (χ2n) is 7.53. The van der Waals surface area contributed by atoms with E-state index in [0.717, 1.165) is 29.6 Å². The molecule has 0 aliphatic heterocycles. The van der Waals surface area contributed by atoms with Crippen LogP contribution in [-0.4, -0.2) is 31.2 Å². The molecule has 0 saturated heterocycles. The smallest absolute Gasteiger partial charge is 0.324 e. The van der Waals surface area contributed by atoms with Crippen molar-refractivity contribution in [2.45, 2.75) is 49.2 Å². The first-order valence-electron chi connectivity index (χ1n) is 9.92. The molecule has 1 N–H and O–H groups in total. The molecule has 0 unspecified atom stereocenters. The number of carbonyl (C=O) groups is 1. The number of alkyl halides is 3. The van der Waals surface area contributed by atoms with E-state index in [9.17, 15) is 26.4 Å². The molecule has 0 atom stereocenters. The third kappa shape index (κ3) is 5.95. The van der Waals surface area contributed by atoms with Gasteiger partial charge in [0.25, 0.3) is 0 Å². The Bertz CT molecular complexity index is 1070. The van der Waals surface area contributed by atoms with Crippen molar-refractivity contribution in [1.82, 2.24) is 4.31 Å². The van der Waals surface area contributed by atoms with E-state index in [1.807, 2.05) is 0 Å². The number of hydrogen-bond donors (Lipinski definition) is 1. The van der Waals surface area contributed by atoms with Gasteiger partial charge in [0.05, 0.1) is 22.7 Å². The van der Waals surface area contributed by atoms with E-state index in [-0.39, 0.29) is 9.92 Å². The topological polar surface area (TPSA) is 66.5 Å². The van der Waals surface area contributed by atoms with Gasteiger partial charge in [0.15, 0.2) is 0 Å². The largest absolute Gasteiger partial charge is 0.418 e. The van der Waals surface area contributed by atoms with Gasteiger partial charge in [-0.2, -0.15) is 17.5 Å². The number of benzene rings is 2. The normalized spacial score (nSPS) is 15.7. The minimum atomic E-state index is -4.74. The molecule has 1 amide bonds. The average molecular weight is 509 g/mol. The van der Waals surface area contributed by atoms with Gasteiger partial charge in [-0.05, 0) is 55.3 Å². The number of halogens is 5. The lowest BCUT2D eigenvalue weighted by Crippen LogP contribution is -2.45. The Morgan fingerprint density at radius 3 is 2.19 bits per heavy atom. The highest BCUT2D eigenvalue weighted by atomic mass is 35.5. The lowest BCUT2D eigenvalue weighted by molar-refractivity contribution is -0.137. The fourth-order valence-corrected chi connectivity index (χ4v) is 5.65. The van der Waals surface area contributed by atoms with E-state index >= 15 is 0 Å². The van der Waals surface area contributed by atoms with Gasteiger partial charge in [0.2, 0.25) is 15.9 Å². The zero-order valence-electron chi connectivity index (χ0n) is 16.8. The Labute approximate surface area is 194 Å². The molecule has 174 valence electrons. The maximum absolute atomic E-state index is 13.3. The van der Waals surface area contributed by atoms with Crippen molar-refractivity contribution in [2.75, 3.05) is 11.9 Å². The predicted octanol–water partition coefficient (Wildman–Crippen LogP) is 5.97. The third-order valence-electron chi connectivity index (χ3n) is 5.26. The first-order valence-corrected chi connectivity index (χ1v) is 12.1. The average Bonchev–Trinajstić information content (AvgIpc) is 2.73. The zero-order valence-corrected chi connectivity index (χ0v) is 19.2. The molecule has 5 nitrogen and oxygen atoms in total. The Balaban J connectivity index is 1.89. The van der Waals surface area contributed by atoms with Crippen molar-refractivity contribution >= 4 is 44.8 Å². The molecule has 1 fully saturated rings. The van der Waals surface area contributed by atoms with Crippen LogP contribution in [0.3, 0.4) is 0 Å². The lowest BCUT2D eigenvalue weighted by atomic mass is 9.95. The molecular weight excluding hydrogens is 488 g/mol. The molecule has 1 saturated carbocycles. The number of anilines is 1. The molecule has 0 bridgehead atoms. The first kappa shape index (κ1) is 24.8. The summed E-state index contributed by atoms with van der Waals surface area (Å²) in [5, 5.41) is 2.42. The molecule has 11 heteroatoms. The fraction of sp³-hybridized carbons (Fsp3) is 0.381. The standard InChI is InChI=1S/C21H21Cl2F3N2O3S/c22-14-6-9-17(10-7-14)32(30,31)28(16-4-2-1-3-5-16)13-20(29)27-19-11-8-15(23)12-18(19)21(24,25)26/h6-12,16H,1-5,13H2,(H,27,29). The van der Waals surface area contributed by atoms with Gasteiger partial charge in [-0.25, -0.2) is 8.42 Å². The number of hydrogen-bond acceptors (Lipinski definition) is 3. The van der Waals surface area contributed by atoms with Crippen LogP contribution >= 0.6 is 23.2 Å². The van der Waals surface area contributed by atoms with Gasteiger partial charge < -0.3 is 5.32 Å². The summed E-state index contributed by atoms with van der Waals surface area (Å²) in [6.45, 7) is -0.616. The van der Waals surface area contributed by atoms with Crippen LogP contribution < -0.4 is 5.32 Å². The van der Waals surface area contributed by atoms with Gasteiger partial charge in [0.1, 0.15) is 0 Å². The quantitative estimate of drug-likeness (QED) is 0.522. The molecule has 0 spiro atoms. The molecule has 2 aromatic rings. The van der Waals surface area contributed by atoms with Crippen LogP contribution in [-0.2, 0) is 21.0 Å². The summed E-state index contributed by atoms with van der Waals surface area (Å²) >= 11 is 11.5. The first-order chi connectivity index (χ1) is 15.0. The molecule has 0 aromatic heterocycles. The van der Waals surface area contributed by atoms with Crippen LogP contribution in [0.15, 0.2) is 47.4 Å². The van der Waals surface area contributed by atoms with Gasteiger partial charge in [-0.1, -0.05) is 42.5 Å². The Kier molecular flexibility index (Phi) is 7.75. The van der Waals surface area contributed by atoms with E-state index in [4.69, 9.17) is 23.2 Å². The van der Waals surface area contributed by atoms with Gasteiger partial charge >= 0.3 is 6.18 Å². The van der Waals surface area contributed by atoms with Crippen molar-refractivity contribution < 1.29 is 26.4 Å². The minimum Gasteiger partial charge on any atom is -0.324 e. The van der Waals surface area contributed by atoms with Crippen molar-refractivity contribution in [3.63, 3.8) is 0 Å². The Hall–Kier alpha value is -1.81. The number of rotatable bonds is 6. The highest BCUT2D eigenvalue weighted by Gasteiger charge is 2.36. The Morgan fingerprint density at radius 1 is 1.00 bits per heavy atom. The summed E-state index contributed by atoms with van der Waals surface area (Å²) in [6.07, 6.45) is -1.06. The number of sulfonamides is 1. The Morgan fingerprint density at radius 2 is 1.59 bits per heavy atom. The number of amides is 1. The summed E-state index contributed by atoms with van der Waals surface area (Å²) in [5.41, 5.74) is -1.59.